The number of thioether (sulfide) groups is 1. The lowest BCUT2D eigenvalue weighted by molar-refractivity contribution is -0.113. The van der Waals surface area contributed by atoms with E-state index < -0.39 is 0 Å². The molecule has 2 heterocycles. The Morgan fingerprint density at radius 2 is 1.71 bits per heavy atom. The van der Waals surface area contributed by atoms with Crippen LogP contribution in [0.15, 0.2) is 72.1 Å². The molecule has 2 aromatic heterocycles. The molecule has 0 bridgehead atoms. The largest absolute Gasteiger partial charge is 0.325 e. The van der Waals surface area contributed by atoms with E-state index in [1.54, 1.807) is 42.6 Å². The lowest BCUT2D eigenvalue weighted by atomic mass is 10.0. The van der Waals surface area contributed by atoms with Gasteiger partial charge in [-0.15, -0.1) is 0 Å². The van der Waals surface area contributed by atoms with Crippen LogP contribution in [0.3, 0.4) is 0 Å². The van der Waals surface area contributed by atoms with Gasteiger partial charge < -0.3 is 5.32 Å². The Morgan fingerprint density at radius 1 is 0.964 bits per heavy atom. The first-order chi connectivity index (χ1) is 13.7. The molecule has 4 aromatic rings. The van der Waals surface area contributed by atoms with E-state index in [-0.39, 0.29) is 17.4 Å². The van der Waals surface area contributed by atoms with Crippen molar-refractivity contribution >= 4 is 40.2 Å². The van der Waals surface area contributed by atoms with Crippen molar-refractivity contribution in [1.82, 2.24) is 20.2 Å². The summed E-state index contributed by atoms with van der Waals surface area (Å²) < 4.78 is 0. The molecule has 0 atom stereocenters. The Hall–Kier alpha value is -3.52. The van der Waals surface area contributed by atoms with E-state index >= 15 is 0 Å². The highest BCUT2D eigenvalue weighted by Crippen LogP contribution is 2.23. The van der Waals surface area contributed by atoms with Crippen LogP contribution in [0.1, 0.15) is 15.9 Å². The number of H-pyrrole nitrogens is 1. The average Bonchev–Trinajstić information content (AvgIpc) is 3.22. The number of rotatable bonds is 6. The lowest BCUT2D eigenvalue weighted by Gasteiger charge is -2.07. The second-order valence-electron chi connectivity index (χ2n) is 5.92. The average molecular weight is 389 g/mol. The second-order valence-corrected chi connectivity index (χ2v) is 6.88. The monoisotopic (exact) mass is 389 g/mol. The molecule has 8 heteroatoms. The summed E-state index contributed by atoms with van der Waals surface area (Å²) in [6.45, 7) is 0. The van der Waals surface area contributed by atoms with Crippen molar-refractivity contribution in [2.75, 3.05) is 11.1 Å². The van der Waals surface area contributed by atoms with E-state index in [4.69, 9.17) is 0 Å². The van der Waals surface area contributed by atoms with Gasteiger partial charge in [0.15, 0.2) is 11.4 Å². The van der Waals surface area contributed by atoms with Crippen LogP contribution in [-0.4, -0.2) is 37.6 Å². The molecule has 1 amide bonds. The summed E-state index contributed by atoms with van der Waals surface area (Å²) >= 11 is 1.31. The summed E-state index contributed by atoms with van der Waals surface area (Å²) in [4.78, 5) is 32.9. The van der Waals surface area contributed by atoms with Crippen molar-refractivity contribution in [3.63, 3.8) is 0 Å². The SMILES string of the molecule is O=C(CSc1ncnc2[nH]ncc12)Nc1ccc(C(=O)c2ccccc2)cc1. The van der Waals surface area contributed by atoms with Crippen molar-refractivity contribution in [3.8, 4) is 0 Å². The van der Waals surface area contributed by atoms with E-state index in [0.717, 1.165) is 5.39 Å². The normalized spacial score (nSPS) is 10.7. The first kappa shape index (κ1) is 17.9. The van der Waals surface area contributed by atoms with Crippen LogP contribution in [-0.2, 0) is 4.79 Å². The van der Waals surface area contributed by atoms with Crippen molar-refractivity contribution in [2.24, 2.45) is 0 Å². The molecule has 0 saturated heterocycles. The first-order valence-electron chi connectivity index (χ1n) is 8.47. The minimum atomic E-state index is -0.164. The van der Waals surface area contributed by atoms with Crippen molar-refractivity contribution in [1.29, 1.82) is 0 Å². The Bertz CT molecular complexity index is 1130. The third-order valence-corrected chi connectivity index (χ3v) is 5.02. The summed E-state index contributed by atoms with van der Waals surface area (Å²) in [5, 5.41) is 11.0. The van der Waals surface area contributed by atoms with Crippen LogP contribution >= 0.6 is 11.8 Å². The third kappa shape index (κ3) is 3.91. The number of aromatic nitrogens is 4. The number of hydrogen-bond donors (Lipinski definition) is 2. The second kappa shape index (κ2) is 8.01. The number of fused-ring (bicyclic) bond motifs is 1. The van der Waals surface area contributed by atoms with E-state index in [9.17, 15) is 9.59 Å². The van der Waals surface area contributed by atoms with Crippen LogP contribution in [0.5, 0.6) is 0 Å². The summed E-state index contributed by atoms with van der Waals surface area (Å²) in [6.07, 6.45) is 3.07. The molecule has 0 aliphatic carbocycles. The fourth-order valence-corrected chi connectivity index (χ4v) is 3.42. The minimum Gasteiger partial charge on any atom is -0.325 e. The minimum absolute atomic E-state index is 0.0538. The van der Waals surface area contributed by atoms with Gasteiger partial charge in [-0.2, -0.15) is 5.10 Å². The number of carbonyl (C=O) groups is 2. The Labute approximate surface area is 164 Å². The molecule has 0 saturated carbocycles. The topological polar surface area (TPSA) is 101 Å². The first-order valence-corrected chi connectivity index (χ1v) is 9.46. The fraction of sp³-hybridized carbons (Fsp3) is 0.0500. The number of nitrogens with one attached hydrogen (secondary N) is 2. The highest BCUT2D eigenvalue weighted by molar-refractivity contribution is 8.00. The van der Waals surface area contributed by atoms with Crippen LogP contribution in [0.2, 0.25) is 0 Å². The van der Waals surface area contributed by atoms with Crippen molar-refractivity contribution in [2.45, 2.75) is 5.03 Å². The molecule has 4 rings (SSSR count). The van der Waals surface area contributed by atoms with Gasteiger partial charge in [0, 0.05) is 16.8 Å². The van der Waals surface area contributed by atoms with E-state index in [2.05, 4.69) is 25.5 Å². The molecule has 138 valence electrons. The highest BCUT2D eigenvalue weighted by Gasteiger charge is 2.11. The number of ketones is 1. The third-order valence-electron chi connectivity index (χ3n) is 4.02. The van der Waals surface area contributed by atoms with Gasteiger partial charge in [-0.1, -0.05) is 42.1 Å². The summed E-state index contributed by atoms with van der Waals surface area (Å²) in [5.41, 5.74) is 2.47. The molecule has 2 N–H and O–H groups in total. The predicted molar refractivity (Wildman–Crippen MR) is 107 cm³/mol. The molecule has 0 aliphatic rings. The number of aromatic amines is 1. The number of anilines is 1. The van der Waals surface area contributed by atoms with E-state index in [1.165, 1.54) is 18.1 Å². The lowest BCUT2D eigenvalue weighted by Crippen LogP contribution is -2.14. The van der Waals surface area contributed by atoms with Gasteiger partial charge in [-0.3, -0.25) is 14.7 Å². The number of nitrogens with zero attached hydrogens (tertiary/aromatic N) is 3. The maximum atomic E-state index is 12.4. The quantitative estimate of drug-likeness (QED) is 0.298. The molecule has 0 radical (unpaired) electrons. The molecule has 0 unspecified atom stereocenters. The fourth-order valence-electron chi connectivity index (χ4n) is 2.65. The molecule has 2 aromatic carbocycles. The van der Waals surface area contributed by atoms with Gasteiger partial charge in [0.1, 0.15) is 11.4 Å². The van der Waals surface area contributed by atoms with Gasteiger partial charge in [-0.25, -0.2) is 9.97 Å². The highest BCUT2D eigenvalue weighted by atomic mass is 32.2. The maximum absolute atomic E-state index is 12.4. The number of carbonyl (C=O) groups excluding carboxylic acids is 2. The molecule has 0 aliphatic heterocycles. The standard InChI is InChI=1S/C20H15N5O2S/c26-17(11-28-20-16-10-23-25-19(16)21-12-22-20)24-15-8-6-14(7-9-15)18(27)13-4-2-1-3-5-13/h1-10,12H,11H2,(H,24,26)(H,21,22,23,25). The van der Waals surface area contributed by atoms with Gasteiger partial charge in [0.05, 0.1) is 17.3 Å². The van der Waals surface area contributed by atoms with Crippen molar-refractivity contribution < 1.29 is 9.59 Å². The molecule has 28 heavy (non-hydrogen) atoms. The number of benzene rings is 2. The van der Waals surface area contributed by atoms with Gasteiger partial charge >= 0.3 is 0 Å². The Kier molecular flexibility index (Phi) is 5.11. The smallest absolute Gasteiger partial charge is 0.234 e. The predicted octanol–water partition coefficient (Wildman–Crippen LogP) is 3.31. The van der Waals surface area contributed by atoms with Gasteiger partial charge in [0.2, 0.25) is 5.91 Å². The van der Waals surface area contributed by atoms with Crippen LogP contribution in [0, 0.1) is 0 Å². The maximum Gasteiger partial charge on any atom is 0.234 e. The molecular formula is C20H15N5O2S. The molecule has 0 spiro atoms. The Balaban J connectivity index is 1.37. The van der Waals surface area contributed by atoms with E-state index in [1.807, 2.05) is 18.2 Å². The van der Waals surface area contributed by atoms with E-state index in [0.29, 0.717) is 27.5 Å². The molecule has 7 nitrogen and oxygen atoms in total. The zero-order valence-corrected chi connectivity index (χ0v) is 15.4. The summed E-state index contributed by atoms with van der Waals surface area (Å²) in [6, 6.07) is 15.9. The van der Waals surface area contributed by atoms with Gasteiger partial charge in [0.25, 0.3) is 0 Å². The summed E-state index contributed by atoms with van der Waals surface area (Å²) in [7, 11) is 0. The summed E-state index contributed by atoms with van der Waals surface area (Å²) in [5.74, 6) is -0.0218. The van der Waals surface area contributed by atoms with Crippen molar-refractivity contribution in [3.05, 3.63) is 78.2 Å². The van der Waals surface area contributed by atoms with Crippen LogP contribution in [0.4, 0.5) is 5.69 Å². The molecule has 0 fully saturated rings. The van der Waals surface area contributed by atoms with Gasteiger partial charge in [-0.05, 0) is 24.3 Å². The zero-order valence-electron chi connectivity index (χ0n) is 14.6. The molecular weight excluding hydrogens is 374 g/mol. The number of hydrogen-bond acceptors (Lipinski definition) is 6. The zero-order chi connectivity index (χ0) is 19.3. The van der Waals surface area contributed by atoms with Crippen LogP contribution in [0.25, 0.3) is 11.0 Å². The number of amides is 1. The Morgan fingerprint density at radius 3 is 2.50 bits per heavy atom. The van der Waals surface area contributed by atoms with Crippen LogP contribution < -0.4 is 5.32 Å².